The van der Waals surface area contributed by atoms with Crippen molar-refractivity contribution in [3.63, 3.8) is 0 Å². The van der Waals surface area contributed by atoms with Crippen LogP contribution in [0.25, 0.3) is 0 Å². The lowest BCUT2D eigenvalue weighted by Gasteiger charge is -2.33. The van der Waals surface area contributed by atoms with Crippen molar-refractivity contribution in [1.29, 1.82) is 0 Å². The molecule has 6 nitrogen and oxygen atoms in total. The number of nitrogens with zero attached hydrogens (tertiary/aromatic N) is 1. The van der Waals surface area contributed by atoms with Crippen LogP contribution in [0.2, 0.25) is 0 Å². The van der Waals surface area contributed by atoms with E-state index in [2.05, 4.69) is 4.74 Å². The molecule has 0 radical (unpaired) electrons. The fourth-order valence-corrected chi connectivity index (χ4v) is 3.83. The zero-order valence-corrected chi connectivity index (χ0v) is 11.8. The molecule has 0 aromatic carbocycles. The van der Waals surface area contributed by atoms with Crippen LogP contribution in [0.1, 0.15) is 26.2 Å². The zero-order chi connectivity index (χ0) is 13.8. The maximum atomic E-state index is 12.2. The molecule has 1 heterocycles. The molecule has 0 aromatic heterocycles. The Balaban J connectivity index is 2.75. The monoisotopic (exact) mass is 278 g/mol. The van der Waals surface area contributed by atoms with Crippen molar-refractivity contribution in [3.8, 4) is 0 Å². The molecule has 1 fully saturated rings. The number of hydrogen-bond acceptors (Lipinski definition) is 5. The Hall–Kier alpha value is -0.660. The average Bonchev–Trinajstić information content (AvgIpc) is 2.37. The van der Waals surface area contributed by atoms with Gasteiger partial charge in [0.25, 0.3) is 0 Å². The van der Waals surface area contributed by atoms with Gasteiger partial charge in [-0.15, -0.1) is 0 Å². The second kappa shape index (κ2) is 6.49. The van der Waals surface area contributed by atoms with Crippen LogP contribution >= 0.6 is 0 Å². The first-order chi connectivity index (χ1) is 8.43. The third kappa shape index (κ3) is 3.43. The molecule has 2 atom stereocenters. The highest BCUT2D eigenvalue weighted by Gasteiger charge is 2.36. The van der Waals surface area contributed by atoms with E-state index >= 15 is 0 Å². The molecule has 2 N–H and O–H groups in total. The molecular weight excluding hydrogens is 256 g/mol. The Morgan fingerprint density at radius 1 is 1.56 bits per heavy atom. The number of esters is 1. The SMILES string of the molecule is COC(=O)C(C)S(=O)(=O)N1CCCC(CCN)C1. The zero-order valence-electron chi connectivity index (χ0n) is 11.0. The highest BCUT2D eigenvalue weighted by atomic mass is 32.2. The van der Waals surface area contributed by atoms with Gasteiger partial charge in [-0.3, -0.25) is 4.79 Å². The Kier molecular flexibility index (Phi) is 5.55. The molecule has 0 bridgehead atoms. The van der Waals surface area contributed by atoms with Crippen LogP contribution < -0.4 is 5.73 Å². The van der Waals surface area contributed by atoms with Gasteiger partial charge < -0.3 is 10.5 Å². The summed E-state index contributed by atoms with van der Waals surface area (Å²) in [5.74, 6) is -0.417. The Morgan fingerprint density at radius 3 is 2.78 bits per heavy atom. The summed E-state index contributed by atoms with van der Waals surface area (Å²) in [5, 5.41) is -1.14. The predicted molar refractivity (Wildman–Crippen MR) is 68.4 cm³/mol. The van der Waals surface area contributed by atoms with Crippen molar-refractivity contribution >= 4 is 16.0 Å². The number of carbonyl (C=O) groups is 1. The second-order valence-electron chi connectivity index (χ2n) is 4.65. The lowest BCUT2D eigenvalue weighted by Crippen LogP contribution is -2.46. The highest BCUT2D eigenvalue weighted by molar-refractivity contribution is 7.90. The van der Waals surface area contributed by atoms with E-state index in [0.717, 1.165) is 19.3 Å². The fraction of sp³-hybridized carbons (Fsp3) is 0.909. The van der Waals surface area contributed by atoms with E-state index in [1.54, 1.807) is 0 Å². The maximum Gasteiger partial charge on any atom is 0.325 e. The summed E-state index contributed by atoms with van der Waals surface area (Å²) in [6, 6.07) is 0. The highest BCUT2D eigenvalue weighted by Crippen LogP contribution is 2.23. The summed E-state index contributed by atoms with van der Waals surface area (Å²) in [4.78, 5) is 11.4. The van der Waals surface area contributed by atoms with Gasteiger partial charge in [-0.25, -0.2) is 12.7 Å². The molecule has 18 heavy (non-hydrogen) atoms. The molecule has 1 saturated heterocycles. The number of nitrogens with two attached hydrogens (primary N) is 1. The number of hydrogen-bond donors (Lipinski definition) is 1. The first-order valence-electron chi connectivity index (χ1n) is 6.20. The number of methoxy groups -OCH3 is 1. The summed E-state index contributed by atoms with van der Waals surface area (Å²) >= 11 is 0. The Bertz CT molecular complexity index is 381. The van der Waals surface area contributed by atoms with E-state index in [-0.39, 0.29) is 0 Å². The van der Waals surface area contributed by atoms with Gasteiger partial charge in [0.2, 0.25) is 10.0 Å². The van der Waals surface area contributed by atoms with Crippen LogP contribution in [0.4, 0.5) is 0 Å². The van der Waals surface area contributed by atoms with Crippen LogP contribution in [0.5, 0.6) is 0 Å². The average molecular weight is 278 g/mol. The minimum absolute atomic E-state index is 0.295. The maximum absolute atomic E-state index is 12.2. The molecule has 0 spiro atoms. The van der Waals surface area contributed by atoms with Gasteiger partial charge >= 0.3 is 5.97 Å². The summed E-state index contributed by atoms with van der Waals surface area (Å²) in [6.07, 6.45) is 2.63. The standard InChI is InChI=1S/C11H22N2O4S/c1-9(11(14)17-2)18(15,16)13-7-3-4-10(8-13)5-6-12/h9-10H,3-8,12H2,1-2H3. The third-order valence-corrected chi connectivity index (χ3v) is 5.53. The number of rotatable bonds is 5. The molecular formula is C11H22N2O4S. The second-order valence-corrected chi connectivity index (χ2v) is 6.91. The largest absolute Gasteiger partial charge is 0.468 e. The lowest BCUT2D eigenvalue weighted by atomic mass is 9.96. The third-order valence-electron chi connectivity index (χ3n) is 3.40. The molecule has 0 saturated carbocycles. The van der Waals surface area contributed by atoms with Crippen LogP contribution in [0.15, 0.2) is 0 Å². The van der Waals surface area contributed by atoms with Crippen molar-refractivity contribution in [2.45, 2.75) is 31.4 Å². The van der Waals surface area contributed by atoms with Gasteiger partial charge in [-0.05, 0) is 38.6 Å². The van der Waals surface area contributed by atoms with Crippen LogP contribution in [0, 0.1) is 5.92 Å². The van der Waals surface area contributed by atoms with Gasteiger partial charge in [0.1, 0.15) is 0 Å². The van der Waals surface area contributed by atoms with Crippen molar-refractivity contribution in [1.82, 2.24) is 4.31 Å². The van der Waals surface area contributed by atoms with Crippen LogP contribution in [0.3, 0.4) is 0 Å². The number of carbonyl (C=O) groups excluding carboxylic acids is 1. The van der Waals surface area contributed by atoms with Gasteiger partial charge in [0.05, 0.1) is 7.11 Å². The first-order valence-corrected chi connectivity index (χ1v) is 7.70. The van der Waals surface area contributed by atoms with Gasteiger partial charge in [0.15, 0.2) is 5.25 Å². The molecule has 1 aliphatic heterocycles. The molecule has 1 rings (SSSR count). The van der Waals surface area contributed by atoms with E-state index in [1.807, 2.05) is 0 Å². The van der Waals surface area contributed by atoms with Gasteiger partial charge in [-0.1, -0.05) is 0 Å². The normalized spacial score (nSPS) is 23.6. The van der Waals surface area contributed by atoms with Crippen molar-refractivity contribution in [2.75, 3.05) is 26.7 Å². The minimum Gasteiger partial charge on any atom is -0.468 e. The van der Waals surface area contributed by atoms with E-state index in [0.29, 0.717) is 25.6 Å². The summed E-state index contributed by atoms with van der Waals surface area (Å²) in [5.41, 5.74) is 5.50. The molecule has 106 valence electrons. The number of ether oxygens (including phenoxy) is 1. The quantitative estimate of drug-likeness (QED) is 0.711. The minimum atomic E-state index is -3.61. The van der Waals surface area contributed by atoms with Crippen molar-refractivity contribution < 1.29 is 17.9 Å². The molecule has 2 unspecified atom stereocenters. The summed E-state index contributed by atoms with van der Waals surface area (Å²) in [7, 11) is -2.41. The summed E-state index contributed by atoms with van der Waals surface area (Å²) < 4.78 is 30.4. The Labute approximate surface area is 109 Å². The molecule has 7 heteroatoms. The summed E-state index contributed by atoms with van der Waals surface area (Å²) in [6.45, 7) is 2.87. The van der Waals surface area contributed by atoms with Crippen molar-refractivity contribution in [2.24, 2.45) is 11.7 Å². The molecule has 0 aliphatic carbocycles. The number of piperidine rings is 1. The van der Waals surface area contributed by atoms with Crippen molar-refractivity contribution in [3.05, 3.63) is 0 Å². The van der Waals surface area contributed by atoms with E-state index in [4.69, 9.17) is 5.73 Å². The van der Waals surface area contributed by atoms with E-state index in [9.17, 15) is 13.2 Å². The lowest BCUT2D eigenvalue weighted by molar-refractivity contribution is -0.139. The van der Waals surface area contributed by atoms with Gasteiger partial charge in [0, 0.05) is 13.1 Å². The predicted octanol–water partition coefficient (Wildman–Crippen LogP) is -0.0615. The molecule has 0 amide bonds. The number of sulfonamides is 1. The molecule has 0 aromatic rings. The molecule has 1 aliphatic rings. The van der Waals surface area contributed by atoms with E-state index in [1.165, 1.54) is 18.3 Å². The Morgan fingerprint density at radius 2 is 2.22 bits per heavy atom. The van der Waals surface area contributed by atoms with Gasteiger partial charge in [-0.2, -0.15) is 0 Å². The topological polar surface area (TPSA) is 89.7 Å². The smallest absolute Gasteiger partial charge is 0.325 e. The van der Waals surface area contributed by atoms with E-state index < -0.39 is 21.2 Å². The first kappa shape index (κ1) is 15.4. The fourth-order valence-electron chi connectivity index (χ4n) is 2.24. The van der Waals surface area contributed by atoms with Crippen LogP contribution in [-0.4, -0.2) is 50.7 Å². The van der Waals surface area contributed by atoms with Crippen LogP contribution in [-0.2, 0) is 19.6 Å².